The normalized spacial score (nSPS) is 11.1. The summed E-state index contributed by atoms with van der Waals surface area (Å²) in [5, 5.41) is 0. The first kappa shape index (κ1) is 21.7. The van der Waals surface area contributed by atoms with Crippen LogP contribution in [0.4, 0.5) is 0 Å². The summed E-state index contributed by atoms with van der Waals surface area (Å²) in [5.41, 5.74) is 3.14. The van der Waals surface area contributed by atoms with E-state index in [1.807, 2.05) is 77.7 Å². The molecule has 1 heterocycles. The molecule has 30 heavy (non-hydrogen) atoms. The fraction of sp³-hybridized carbons (Fsp3) is 0.308. The molecule has 3 rings (SSSR count). The summed E-state index contributed by atoms with van der Waals surface area (Å²) in [4.78, 5) is 22.4. The Bertz CT molecular complexity index is 840. The van der Waals surface area contributed by atoms with E-state index in [9.17, 15) is 4.79 Å². The zero-order chi connectivity index (χ0) is 21.2. The SMILES string of the molecule is CCN(CC)CCN(Cc1ccncc1)C(=O)C(c1ccccc1)c1ccccc1. The smallest absolute Gasteiger partial charge is 0.234 e. The molecule has 2 aromatic carbocycles. The van der Waals surface area contributed by atoms with Gasteiger partial charge in [0, 0.05) is 32.0 Å². The molecular weight excluding hydrogens is 370 g/mol. The van der Waals surface area contributed by atoms with Crippen LogP contribution in [0.25, 0.3) is 0 Å². The van der Waals surface area contributed by atoms with Crippen LogP contribution in [0.3, 0.4) is 0 Å². The van der Waals surface area contributed by atoms with Crippen LogP contribution in [0.5, 0.6) is 0 Å². The molecule has 0 N–H and O–H groups in total. The van der Waals surface area contributed by atoms with E-state index in [1.165, 1.54) is 0 Å². The van der Waals surface area contributed by atoms with Gasteiger partial charge in [-0.1, -0.05) is 74.5 Å². The van der Waals surface area contributed by atoms with E-state index in [4.69, 9.17) is 0 Å². The van der Waals surface area contributed by atoms with Crippen LogP contribution in [0.1, 0.15) is 36.5 Å². The van der Waals surface area contributed by atoms with Crippen molar-refractivity contribution in [3.8, 4) is 0 Å². The lowest BCUT2D eigenvalue weighted by Crippen LogP contribution is -2.40. The van der Waals surface area contributed by atoms with E-state index < -0.39 is 0 Å². The van der Waals surface area contributed by atoms with Gasteiger partial charge in [0.25, 0.3) is 0 Å². The maximum absolute atomic E-state index is 13.9. The average Bonchev–Trinajstić information content (AvgIpc) is 2.81. The molecule has 0 atom stereocenters. The van der Waals surface area contributed by atoms with Gasteiger partial charge >= 0.3 is 0 Å². The Morgan fingerprint density at radius 3 is 1.83 bits per heavy atom. The molecule has 0 bridgehead atoms. The van der Waals surface area contributed by atoms with Crippen LogP contribution in [-0.4, -0.2) is 46.9 Å². The fourth-order valence-corrected chi connectivity index (χ4v) is 3.73. The summed E-state index contributed by atoms with van der Waals surface area (Å²) in [7, 11) is 0. The average molecular weight is 402 g/mol. The van der Waals surface area contributed by atoms with Crippen LogP contribution >= 0.6 is 0 Å². The standard InChI is InChI=1S/C26H31N3O/c1-3-28(4-2)19-20-29(21-22-15-17-27-18-16-22)26(30)25(23-11-7-5-8-12-23)24-13-9-6-10-14-24/h5-18,25H,3-4,19-21H2,1-2H3. The Balaban J connectivity index is 1.92. The highest BCUT2D eigenvalue weighted by molar-refractivity contribution is 5.87. The molecule has 0 unspecified atom stereocenters. The molecule has 1 amide bonds. The van der Waals surface area contributed by atoms with Gasteiger partial charge in [-0.15, -0.1) is 0 Å². The van der Waals surface area contributed by atoms with Crippen molar-refractivity contribution in [2.45, 2.75) is 26.3 Å². The van der Waals surface area contributed by atoms with Crippen LogP contribution in [0.2, 0.25) is 0 Å². The van der Waals surface area contributed by atoms with E-state index >= 15 is 0 Å². The minimum absolute atomic E-state index is 0.136. The van der Waals surface area contributed by atoms with E-state index in [2.05, 4.69) is 23.7 Å². The quantitative estimate of drug-likeness (QED) is 0.499. The molecule has 0 spiro atoms. The number of hydrogen-bond donors (Lipinski definition) is 0. The molecule has 0 aliphatic rings. The molecular formula is C26H31N3O. The largest absolute Gasteiger partial charge is 0.336 e. The van der Waals surface area contributed by atoms with Crippen molar-refractivity contribution in [2.75, 3.05) is 26.2 Å². The van der Waals surface area contributed by atoms with E-state index in [0.717, 1.165) is 36.3 Å². The summed E-state index contributed by atoms with van der Waals surface area (Å²) < 4.78 is 0. The van der Waals surface area contributed by atoms with Crippen molar-refractivity contribution in [3.05, 3.63) is 102 Å². The highest BCUT2D eigenvalue weighted by atomic mass is 16.2. The number of aromatic nitrogens is 1. The van der Waals surface area contributed by atoms with Gasteiger partial charge in [0.05, 0.1) is 5.92 Å². The van der Waals surface area contributed by atoms with E-state index in [-0.39, 0.29) is 11.8 Å². The predicted molar refractivity (Wildman–Crippen MR) is 122 cm³/mol. The van der Waals surface area contributed by atoms with Crippen LogP contribution in [0.15, 0.2) is 85.2 Å². The third-order valence-corrected chi connectivity index (χ3v) is 5.53. The Morgan fingerprint density at radius 1 is 0.800 bits per heavy atom. The van der Waals surface area contributed by atoms with Gasteiger partial charge in [0.15, 0.2) is 0 Å². The van der Waals surface area contributed by atoms with Crippen molar-refractivity contribution < 1.29 is 4.79 Å². The third kappa shape index (κ3) is 5.77. The second-order valence-electron chi connectivity index (χ2n) is 7.40. The molecule has 4 heteroatoms. The molecule has 1 aromatic heterocycles. The highest BCUT2D eigenvalue weighted by Crippen LogP contribution is 2.27. The molecule has 156 valence electrons. The zero-order valence-corrected chi connectivity index (χ0v) is 17.9. The molecule has 0 saturated carbocycles. The number of benzene rings is 2. The van der Waals surface area contributed by atoms with Gasteiger partial charge < -0.3 is 9.80 Å². The maximum Gasteiger partial charge on any atom is 0.234 e. The monoisotopic (exact) mass is 401 g/mol. The number of nitrogens with zero attached hydrogens (tertiary/aromatic N) is 3. The topological polar surface area (TPSA) is 36.4 Å². The lowest BCUT2D eigenvalue weighted by Gasteiger charge is -2.30. The summed E-state index contributed by atoms with van der Waals surface area (Å²) >= 11 is 0. The second-order valence-corrected chi connectivity index (χ2v) is 7.40. The molecule has 4 nitrogen and oxygen atoms in total. The number of carbonyl (C=O) groups is 1. The summed E-state index contributed by atoms with van der Waals surface area (Å²) in [6.45, 7) is 8.42. The first-order valence-corrected chi connectivity index (χ1v) is 10.7. The van der Waals surface area contributed by atoms with Crippen molar-refractivity contribution in [1.82, 2.24) is 14.8 Å². The van der Waals surface area contributed by atoms with E-state index in [1.54, 1.807) is 12.4 Å². The first-order valence-electron chi connectivity index (χ1n) is 10.7. The molecule has 0 radical (unpaired) electrons. The lowest BCUT2D eigenvalue weighted by molar-refractivity contribution is -0.132. The van der Waals surface area contributed by atoms with Crippen molar-refractivity contribution in [3.63, 3.8) is 0 Å². The summed E-state index contributed by atoms with van der Waals surface area (Å²) in [6, 6.07) is 24.1. The predicted octanol–water partition coefficient (Wildman–Crippen LogP) is 4.58. The number of rotatable bonds is 10. The number of pyridine rings is 1. The summed E-state index contributed by atoms with van der Waals surface area (Å²) in [5.74, 6) is -0.178. The fourth-order valence-electron chi connectivity index (χ4n) is 3.73. The lowest BCUT2D eigenvalue weighted by atomic mass is 9.90. The Hall–Kier alpha value is -2.98. The number of amides is 1. The van der Waals surface area contributed by atoms with Gasteiger partial charge in [0.1, 0.15) is 0 Å². The van der Waals surface area contributed by atoms with Crippen molar-refractivity contribution in [2.24, 2.45) is 0 Å². The van der Waals surface area contributed by atoms with Gasteiger partial charge in [-0.2, -0.15) is 0 Å². The number of carbonyl (C=O) groups excluding carboxylic acids is 1. The van der Waals surface area contributed by atoms with Crippen LogP contribution in [0, 0.1) is 0 Å². The number of likely N-dealkylation sites (N-methyl/N-ethyl adjacent to an activating group) is 1. The van der Waals surface area contributed by atoms with E-state index in [0.29, 0.717) is 13.1 Å². The number of hydrogen-bond acceptors (Lipinski definition) is 3. The molecule has 0 fully saturated rings. The first-order chi connectivity index (χ1) is 14.7. The maximum atomic E-state index is 13.9. The highest BCUT2D eigenvalue weighted by Gasteiger charge is 2.27. The van der Waals surface area contributed by atoms with Gasteiger partial charge in [-0.3, -0.25) is 9.78 Å². The zero-order valence-electron chi connectivity index (χ0n) is 17.9. The van der Waals surface area contributed by atoms with Crippen molar-refractivity contribution in [1.29, 1.82) is 0 Å². The third-order valence-electron chi connectivity index (χ3n) is 5.53. The Kier molecular flexibility index (Phi) is 8.16. The van der Waals surface area contributed by atoms with Crippen molar-refractivity contribution >= 4 is 5.91 Å². The Morgan fingerprint density at radius 2 is 1.33 bits per heavy atom. The van der Waals surface area contributed by atoms with Gasteiger partial charge in [-0.25, -0.2) is 0 Å². The van der Waals surface area contributed by atoms with Gasteiger partial charge in [-0.05, 0) is 41.9 Å². The van der Waals surface area contributed by atoms with Crippen LogP contribution in [-0.2, 0) is 11.3 Å². The second kappa shape index (κ2) is 11.3. The molecule has 3 aromatic rings. The minimum Gasteiger partial charge on any atom is -0.336 e. The van der Waals surface area contributed by atoms with Gasteiger partial charge in [0.2, 0.25) is 5.91 Å². The molecule has 0 saturated heterocycles. The molecule has 0 aliphatic carbocycles. The Labute approximate surface area is 180 Å². The summed E-state index contributed by atoms with van der Waals surface area (Å²) in [6.07, 6.45) is 3.57. The minimum atomic E-state index is -0.314. The van der Waals surface area contributed by atoms with Crippen LogP contribution < -0.4 is 0 Å². The molecule has 0 aliphatic heterocycles.